The lowest BCUT2D eigenvalue weighted by Gasteiger charge is -2.24. The summed E-state index contributed by atoms with van der Waals surface area (Å²) in [7, 11) is 0. The minimum atomic E-state index is -1.04. The molecular weight excluding hydrogens is 268 g/mol. The zero-order valence-corrected chi connectivity index (χ0v) is 12.9. The number of carboxylic acid groups (broad SMARTS) is 1. The van der Waals surface area contributed by atoms with Crippen LogP contribution in [0.3, 0.4) is 0 Å². The van der Waals surface area contributed by atoms with Crippen LogP contribution in [0.2, 0.25) is 0 Å². The van der Waals surface area contributed by atoms with Gasteiger partial charge in [-0.15, -0.1) is 0 Å². The van der Waals surface area contributed by atoms with Crippen molar-refractivity contribution in [2.75, 3.05) is 11.4 Å². The second-order valence-corrected chi connectivity index (χ2v) is 5.31. The van der Waals surface area contributed by atoms with Gasteiger partial charge >= 0.3 is 12.0 Å². The maximum Gasteiger partial charge on any atom is 0.323 e. The number of rotatable bonds is 7. The van der Waals surface area contributed by atoms with Crippen molar-refractivity contribution in [1.29, 1.82) is 0 Å². The largest absolute Gasteiger partial charge is 0.480 e. The van der Waals surface area contributed by atoms with Crippen molar-refractivity contribution in [1.82, 2.24) is 5.32 Å². The average molecular weight is 292 g/mol. The molecule has 0 saturated heterocycles. The number of hydrogen-bond donors (Lipinski definition) is 2. The van der Waals surface area contributed by atoms with Gasteiger partial charge in [-0.25, -0.2) is 4.79 Å². The fourth-order valence-corrected chi connectivity index (χ4v) is 2.01. The first-order valence-electron chi connectivity index (χ1n) is 7.30. The first kappa shape index (κ1) is 17.0. The van der Waals surface area contributed by atoms with Crippen LogP contribution < -0.4 is 10.2 Å². The molecule has 0 saturated carbocycles. The van der Waals surface area contributed by atoms with Gasteiger partial charge in [-0.3, -0.25) is 9.69 Å². The first-order chi connectivity index (χ1) is 9.93. The molecule has 0 radical (unpaired) electrons. The Hall–Kier alpha value is -2.04. The minimum Gasteiger partial charge on any atom is -0.480 e. The van der Waals surface area contributed by atoms with E-state index in [1.807, 2.05) is 26.0 Å². The summed E-state index contributed by atoms with van der Waals surface area (Å²) in [6.45, 7) is 5.62. The molecule has 5 heteroatoms. The monoisotopic (exact) mass is 292 g/mol. The lowest BCUT2D eigenvalue weighted by atomic mass is 10.1. The third-order valence-corrected chi connectivity index (χ3v) is 3.24. The van der Waals surface area contributed by atoms with Crippen molar-refractivity contribution in [3.63, 3.8) is 0 Å². The summed E-state index contributed by atoms with van der Waals surface area (Å²) >= 11 is 0. The highest BCUT2D eigenvalue weighted by atomic mass is 16.4. The van der Waals surface area contributed by atoms with E-state index in [1.165, 1.54) is 4.90 Å². The number of carbonyl (C=O) groups is 2. The predicted octanol–water partition coefficient (Wildman–Crippen LogP) is 3.17. The Balaban J connectivity index is 2.79. The summed E-state index contributed by atoms with van der Waals surface area (Å²) in [5.41, 5.74) is 1.65. The Kier molecular flexibility index (Phi) is 6.72. The molecule has 1 rings (SSSR count). The molecule has 1 aromatic carbocycles. The molecular formula is C16H24N2O3. The molecule has 0 heterocycles. The zero-order chi connectivity index (χ0) is 15.8. The quantitative estimate of drug-likeness (QED) is 0.811. The molecule has 0 aliphatic rings. The van der Waals surface area contributed by atoms with Crippen LogP contribution in [0, 0.1) is 6.92 Å². The molecule has 0 aliphatic carbocycles. The van der Waals surface area contributed by atoms with Crippen molar-refractivity contribution in [3.05, 3.63) is 29.8 Å². The average Bonchev–Trinajstić information content (AvgIpc) is 2.43. The van der Waals surface area contributed by atoms with Crippen molar-refractivity contribution in [2.45, 2.75) is 46.1 Å². The number of anilines is 1. The topological polar surface area (TPSA) is 69.6 Å². The Bertz CT molecular complexity index is 471. The Morgan fingerprint density at radius 1 is 1.29 bits per heavy atom. The summed E-state index contributed by atoms with van der Waals surface area (Å²) in [6, 6.07) is 6.89. The Morgan fingerprint density at radius 3 is 2.43 bits per heavy atom. The second kappa shape index (κ2) is 8.29. The number of nitrogens with zero attached hydrogens (tertiary/aromatic N) is 1. The Morgan fingerprint density at radius 2 is 1.90 bits per heavy atom. The molecule has 0 spiro atoms. The van der Waals surface area contributed by atoms with E-state index in [9.17, 15) is 9.59 Å². The lowest BCUT2D eigenvalue weighted by Crippen LogP contribution is -2.46. The Labute approximate surface area is 126 Å². The number of carboxylic acids is 1. The number of hydrogen-bond acceptors (Lipinski definition) is 2. The first-order valence-corrected chi connectivity index (χ1v) is 7.30. The van der Waals surface area contributed by atoms with Crippen LogP contribution in [0.15, 0.2) is 24.3 Å². The number of amides is 2. The highest BCUT2D eigenvalue weighted by molar-refractivity contribution is 5.96. The van der Waals surface area contributed by atoms with Crippen LogP contribution in [-0.4, -0.2) is 29.7 Å². The van der Waals surface area contributed by atoms with Gasteiger partial charge in [0.25, 0.3) is 0 Å². The molecule has 1 atom stereocenters. The fraction of sp³-hybridized carbons (Fsp3) is 0.500. The molecule has 1 unspecified atom stereocenters. The number of carbonyl (C=O) groups excluding carboxylic acids is 1. The van der Waals surface area contributed by atoms with E-state index < -0.39 is 5.97 Å². The van der Waals surface area contributed by atoms with E-state index in [2.05, 4.69) is 12.2 Å². The van der Waals surface area contributed by atoms with E-state index in [-0.39, 0.29) is 18.6 Å². The lowest BCUT2D eigenvalue weighted by molar-refractivity contribution is -0.135. The molecule has 2 N–H and O–H groups in total. The summed E-state index contributed by atoms with van der Waals surface area (Å²) in [5.74, 6) is -1.04. The van der Waals surface area contributed by atoms with Crippen LogP contribution in [0.1, 0.15) is 38.7 Å². The van der Waals surface area contributed by atoms with Gasteiger partial charge in [0.2, 0.25) is 0 Å². The molecule has 5 nitrogen and oxygen atoms in total. The maximum atomic E-state index is 12.3. The van der Waals surface area contributed by atoms with E-state index >= 15 is 0 Å². The summed E-state index contributed by atoms with van der Waals surface area (Å²) in [5, 5.41) is 11.9. The van der Waals surface area contributed by atoms with E-state index in [1.54, 1.807) is 12.1 Å². The molecule has 0 aliphatic heterocycles. The minimum absolute atomic E-state index is 0.0270. The van der Waals surface area contributed by atoms with E-state index in [4.69, 9.17) is 5.11 Å². The maximum absolute atomic E-state index is 12.3. The van der Waals surface area contributed by atoms with Gasteiger partial charge in [0.1, 0.15) is 6.54 Å². The van der Waals surface area contributed by atoms with Crippen LogP contribution in [0.5, 0.6) is 0 Å². The highest BCUT2D eigenvalue weighted by Gasteiger charge is 2.20. The number of aliphatic carboxylic acids is 1. The number of nitrogens with one attached hydrogen (secondary N) is 1. The van der Waals surface area contributed by atoms with Gasteiger partial charge in [-0.1, -0.05) is 37.5 Å². The van der Waals surface area contributed by atoms with Crippen molar-refractivity contribution in [2.24, 2.45) is 0 Å². The number of unbranched alkanes of at least 4 members (excludes halogenated alkanes) is 1. The molecule has 116 valence electrons. The summed E-state index contributed by atoms with van der Waals surface area (Å²) < 4.78 is 0. The van der Waals surface area contributed by atoms with Gasteiger partial charge in [0.05, 0.1) is 0 Å². The molecule has 0 bridgehead atoms. The molecule has 1 aromatic rings. The zero-order valence-electron chi connectivity index (χ0n) is 12.9. The third-order valence-electron chi connectivity index (χ3n) is 3.24. The number of benzene rings is 1. The second-order valence-electron chi connectivity index (χ2n) is 5.31. The number of aryl methyl sites for hydroxylation is 1. The van der Waals surface area contributed by atoms with E-state index in [0.717, 1.165) is 24.8 Å². The van der Waals surface area contributed by atoms with Gasteiger partial charge in [-0.05, 0) is 32.4 Å². The van der Waals surface area contributed by atoms with Crippen LogP contribution in [0.25, 0.3) is 0 Å². The van der Waals surface area contributed by atoms with Crippen molar-refractivity contribution in [3.8, 4) is 0 Å². The van der Waals surface area contributed by atoms with Crippen LogP contribution >= 0.6 is 0 Å². The third kappa shape index (κ3) is 5.85. The van der Waals surface area contributed by atoms with Crippen molar-refractivity contribution < 1.29 is 14.7 Å². The fourth-order valence-electron chi connectivity index (χ4n) is 2.01. The smallest absolute Gasteiger partial charge is 0.323 e. The van der Waals surface area contributed by atoms with Gasteiger partial charge < -0.3 is 10.4 Å². The summed E-state index contributed by atoms with van der Waals surface area (Å²) in [6.07, 6.45) is 2.99. The molecule has 21 heavy (non-hydrogen) atoms. The van der Waals surface area contributed by atoms with Crippen molar-refractivity contribution >= 4 is 17.7 Å². The van der Waals surface area contributed by atoms with Crippen LogP contribution in [-0.2, 0) is 4.79 Å². The summed E-state index contributed by atoms with van der Waals surface area (Å²) in [4.78, 5) is 24.5. The normalized spacial score (nSPS) is 11.8. The van der Waals surface area contributed by atoms with Crippen LogP contribution in [0.4, 0.5) is 10.5 Å². The number of urea groups is 1. The predicted molar refractivity (Wildman–Crippen MR) is 83.7 cm³/mol. The highest BCUT2D eigenvalue weighted by Crippen LogP contribution is 2.15. The molecule has 0 aromatic heterocycles. The molecule has 0 fully saturated rings. The van der Waals surface area contributed by atoms with E-state index in [0.29, 0.717) is 5.69 Å². The SMILES string of the molecule is CCCCC(C)NC(=O)N(CC(=O)O)c1ccc(C)cc1. The molecule has 2 amide bonds. The standard InChI is InChI=1S/C16H24N2O3/c1-4-5-6-13(3)17-16(21)18(11-15(19)20)14-9-7-12(2)8-10-14/h7-10,13H,4-6,11H2,1-3H3,(H,17,21)(H,19,20). The van der Waals surface area contributed by atoms with Gasteiger partial charge in [0.15, 0.2) is 0 Å². The van der Waals surface area contributed by atoms with Gasteiger partial charge in [-0.2, -0.15) is 0 Å². The van der Waals surface area contributed by atoms with Gasteiger partial charge in [0, 0.05) is 11.7 Å².